The molecular weight excluding hydrogens is 318 g/mol. The number of imidazole rings is 1. The molecule has 0 atom stereocenters. The van der Waals surface area contributed by atoms with Crippen molar-refractivity contribution in [2.45, 2.75) is 44.6 Å². The fraction of sp³-hybridized carbons (Fsp3) is 0.500. The molecule has 0 unspecified atom stereocenters. The first-order chi connectivity index (χ1) is 12.3. The Labute approximate surface area is 146 Å². The van der Waals surface area contributed by atoms with Gasteiger partial charge in [-0.2, -0.15) is 0 Å². The van der Waals surface area contributed by atoms with Crippen LogP contribution in [0.2, 0.25) is 0 Å². The van der Waals surface area contributed by atoms with Crippen molar-refractivity contribution in [1.82, 2.24) is 25.3 Å². The van der Waals surface area contributed by atoms with Gasteiger partial charge in [-0.15, -0.1) is 0 Å². The van der Waals surface area contributed by atoms with Gasteiger partial charge in [0.1, 0.15) is 11.2 Å². The van der Waals surface area contributed by atoms with Crippen LogP contribution in [0.3, 0.4) is 0 Å². The number of pyridine rings is 1. The zero-order valence-corrected chi connectivity index (χ0v) is 14.5. The number of hydrogen-bond acceptors (Lipinski definition) is 4. The number of carbonyl (C=O) groups excluding carboxylic acids is 1. The number of aromatic amines is 2. The second-order valence-corrected chi connectivity index (χ2v) is 6.31. The molecule has 0 spiro atoms. The van der Waals surface area contributed by atoms with E-state index >= 15 is 0 Å². The highest BCUT2D eigenvalue weighted by atomic mass is 16.5. The second-order valence-electron chi connectivity index (χ2n) is 6.31. The Morgan fingerprint density at radius 3 is 2.92 bits per heavy atom. The Morgan fingerprint density at radius 1 is 1.28 bits per heavy atom. The van der Waals surface area contributed by atoms with Crippen LogP contribution < -0.4 is 5.32 Å². The molecule has 3 aromatic heterocycles. The highest BCUT2D eigenvalue weighted by molar-refractivity contribution is 6.00. The van der Waals surface area contributed by atoms with Gasteiger partial charge in [-0.1, -0.05) is 19.3 Å². The summed E-state index contributed by atoms with van der Waals surface area (Å²) < 4.78 is 4.84. The molecular formula is C18H25N5O2. The largest absolute Gasteiger partial charge is 0.384 e. The summed E-state index contributed by atoms with van der Waals surface area (Å²) in [7, 11) is 1.62. The zero-order valence-electron chi connectivity index (χ0n) is 14.5. The van der Waals surface area contributed by atoms with Gasteiger partial charge in [-0.05, 0) is 18.9 Å². The van der Waals surface area contributed by atoms with E-state index in [2.05, 4.69) is 25.3 Å². The van der Waals surface area contributed by atoms with E-state index in [1.165, 1.54) is 19.3 Å². The highest BCUT2D eigenvalue weighted by Gasteiger charge is 2.14. The molecule has 1 saturated carbocycles. The lowest BCUT2D eigenvalue weighted by atomic mass is 9.95. The molecule has 0 bridgehead atoms. The summed E-state index contributed by atoms with van der Waals surface area (Å²) in [6, 6.07) is 2.41. The minimum absolute atomic E-state index is 0.133. The van der Waals surface area contributed by atoms with E-state index in [0.29, 0.717) is 19.1 Å². The lowest BCUT2D eigenvalue weighted by Gasteiger charge is -2.22. The van der Waals surface area contributed by atoms with Gasteiger partial charge in [0.2, 0.25) is 5.91 Å². The number of nitrogens with one attached hydrogen (secondary N) is 3. The summed E-state index contributed by atoms with van der Waals surface area (Å²) in [5.74, 6) is 0.133. The van der Waals surface area contributed by atoms with Gasteiger partial charge < -0.3 is 20.0 Å². The number of amides is 1. The third-order valence-corrected chi connectivity index (χ3v) is 4.48. The van der Waals surface area contributed by atoms with Crippen LogP contribution in [0, 0.1) is 0 Å². The fourth-order valence-corrected chi connectivity index (χ4v) is 3.15. The maximum atomic E-state index is 11.3. The molecule has 0 aliphatic heterocycles. The fourth-order valence-electron chi connectivity index (χ4n) is 3.15. The van der Waals surface area contributed by atoms with Crippen LogP contribution in [-0.2, 0) is 9.53 Å². The Bertz CT molecular complexity index is 754. The van der Waals surface area contributed by atoms with E-state index in [-0.39, 0.29) is 5.91 Å². The van der Waals surface area contributed by atoms with Crippen LogP contribution in [-0.4, -0.2) is 45.6 Å². The second kappa shape index (κ2) is 8.62. The van der Waals surface area contributed by atoms with Crippen molar-refractivity contribution in [3.8, 4) is 0 Å². The number of methoxy groups -OCH3 is 1. The van der Waals surface area contributed by atoms with E-state index in [9.17, 15) is 4.79 Å². The first kappa shape index (κ1) is 17.4. The Balaban J connectivity index is 0.000000146. The number of H-pyrrole nitrogens is 2. The van der Waals surface area contributed by atoms with Crippen molar-refractivity contribution >= 4 is 28.0 Å². The molecule has 7 nitrogen and oxygen atoms in total. The number of fused-ring (bicyclic) bond motifs is 3. The smallest absolute Gasteiger partial charge is 0.222 e. The van der Waals surface area contributed by atoms with Crippen LogP contribution >= 0.6 is 0 Å². The summed E-state index contributed by atoms with van der Waals surface area (Å²) in [6.45, 7) is 0.526. The minimum atomic E-state index is 0.133. The van der Waals surface area contributed by atoms with Gasteiger partial charge in [-0.3, -0.25) is 4.79 Å². The molecule has 1 aliphatic rings. The lowest BCUT2D eigenvalue weighted by Crippen LogP contribution is -2.36. The Hall–Kier alpha value is -2.41. The van der Waals surface area contributed by atoms with Gasteiger partial charge in [0.15, 0.2) is 0 Å². The van der Waals surface area contributed by atoms with Gasteiger partial charge in [0.25, 0.3) is 0 Å². The SMILES string of the molecule is COCCC(=O)NC1CCCCC1.c1nc2c(cnc3[nH]ccc32)[nH]1. The van der Waals surface area contributed by atoms with Crippen molar-refractivity contribution in [2.75, 3.05) is 13.7 Å². The summed E-state index contributed by atoms with van der Waals surface area (Å²) in [5, 5.41) is 4.10. The van der Waals surface area contributed by atoms with E-state index < -0.39 is 0 Å². The van der Waals surface area contributed by atoms with Crippen LogP contribution in [0.5, 0.6) is 0 Å². The molecule has 4 rings (SSSR count). The van der Waals surface area contributed by atoms with Crippen molar-refractivity contribution in [3.05, 3.63) is 24.8 Å². The van der Waals surface area contributed by atoms with E-state index in [4.69, 9.17) is 4.74 Å². The number of nitrogens with zero attached hydrogens (tertiary/aromatic N) is 2. The molecule has 1 fully saturated rings. The minimum Gasteiger partial charge on any atom is -0.384 e. The third-order valence-electron chi connectivity index (χ3n) is 4.48. The molecule has 3 N–H and O–H groups in total. The van der Waals surface area contributed by atoms with Gasteiger partial charge in [0.05, 0.1) is 24.6 Å². The van der Waals surface area contributed by atoms with Crippen LogP contribution in [0.1, 0.15) is 38.5 Å². The monoisotopic (exact) mass is 343 g/mol. The lowest BCUT2D eigenvalue weighted by molar-refractivity contribution is -0.122. The Kier molecular flexibility index (Phi) is 6.00. The number of ether oxygens (including phenoxy) is 1. The van der Waals surface area contributed by atoms with Gasteiger partial charge in [-0.25, -0.2) is 9.97 Å². The quantitative estimate of drug-likeness (QED) is 0.679. The summed E-state index contributed by atoms with van der Waals surface area (Å²) in [6.07, 6.45) is 12.0. The van der Waals surface area contributed by atoms with E-state index in [1.807, 2.05) is 12.3 Å². The summed E-state index contributed by atoms with van der Waals surface area (Å²) in [4.78, 5) is 25.7. The first-order valence-electron chi connectivity index (χ1n) is 8.81. The van der Waals surface area contributed by atoms with E-state index in [0.717, 1.165) is 34.9 Å². The van der Waals surface area contributed by atoms with Gasteiger partial charge in [0, 0.05) is 31.2 Å². The van der Waals surface area contributed by atoms with E-state index in [1.54, 1.807) is 19.6 Å². The average molecular weight is 343 g/mol. The first-order valence-corrected chi connectivity index (χ1v) is 8.81. The normalized spacial score (nSPS) is 15.1. The molecule has 3 heterocycles. The predicted molar refractivity (Wildman–Crippen MR) is 97.3 cm³/mol. The van der Waals surface area contributed by atoms with Crippen LogP contribution in [0.25, 0.3) is 22.1 Å². The van der Waals surface area contributed by atoms with Crippen molar-refractivity contribution < 1.29 is 9.53 Å². The number of hydrogen-bond donors (Lipinski definition) is 3. The molecule has 7 heteroatoms. The maximum Gasteiger partial charge on any atom is 0.222 e. The molecule has 1 aliphatic carbocycles. The molecule has 134 valence electrons. The molecule has 0 radical (unpaired) electrons. The molecule has 1 amide bonds. The molecule has 25 heavy (non-hydrogen) atoms. The molecule has 0 aromatic carbocycles. The number of carbonyl (C=O) groups is 1. The molecule has 0 saturated heterocycles. The zero-order chi connectivity index (χ0) is 17.5. The predicted octanol–water partition coefficient (Wildman–Crippen LogP) is 2.91. The third kappa shape index (κ3) is 4.57. The van der Waals surface area contributed by atoms with Crippen LogP contribution in [0.15, 0.2) is 24.8 Å². The standard InChI is InChI=1S/C10H19NO2.C8H6N4/c1-13-8-7-10(12)11-9-5-3-2-4-6-9;1-2-9-8-5(1)7-6(3-10-8)11-4-12-7/h9H,2-8H2,1H3,(H,11,12);1-4H,(H,9,10)(H,11,12). The van der Waals surface area contributed by atoms with Crippen molar-refractivity contribution in [1.29, 1.82) is 0 Å². The average Bonchev–Trinajstić information content (AvgIpc) is 3.29. The van der Waals surface area contributed by atoms with Crippen molar-refractivity contribution in [2.24, 2.45) is 0 Å². The van der Waals surface area contributed by atoms with Crippen molar-refractivity contribution in [3.63, 3.8) is 0 Å². The Morgan fingerprint density at radius 2 is 2.12 bits per heavy atom. The number of aromatic nitrogens is 4. The topological polar surface area (TPSA) is 95.7 Å². The van der Waals surface area contributed by atoms with Gasteiger partial charge >= 0.3 is 0 Å². The number of rotatable bonds is 4. The summed E-state index contributed by atoms with van der Waals surface area (Å²) in [5.41, 5.74) is 2.83. The molecule has 3 aromatic rings. The van der Waals surface area contributed by atoms with Crippen LogP contribution in [0.4, 0.5) is 0 Å². The maximum absolute atomic E-state index is 11.3. The highest BCUT2D eigenvalue weighted by Crippen LogP contribution is 2.18. The summed E-state index contributed by atoms with van der Waals surface area (Å²) >= 11 is 0.